The van der Waals surface area contributed by atoms with Crippen LogP contribution in [0.3, 0.4) is 0 Å². The first-order valence-corrected chi connectivity index (χ1v) is 5.96. The molecular formula is C11H17ClN2O2. The van der Waals surface area contributed by atoms with Crippen molar-refractivity contribution in [2.45, 2.75) is 32.2 Å². The number of carbonyl (C=O) groups excluding carboxylic acids is 2. The van der Waals surface area contributed by atoms with Gasteiger partial charge in [0.1, 0.15) is 6.04 Å². The van der Waals surface area contributed by atoms with Crippen LogP contribution in [0.1, 0.15) is 26.2 Å². The molecule has 2 amide bonds. The molecule has 0 aromatic carbocycles. The lowest BCUT2D eigenvalue weighted by atomic mass is 10.1. The molecule has 1 aliphatic rings. The molecule has 16 heavy (non-hydrogen) atoms. The highest BCUT2D eigenvalue weighted by Crippen LogP contribution is 2.08. The Balaban J connectivity index is 2.70. The molecule has 1 rings (SSSR count). The molecule has 1 fully saturated rings. The highest BCUT2D eigenvalue weighted by atomic mass is 35.5. The van der Waals surface area contributed by atoms with Crippen molar-refractivity contribution in [1.82, 2.24) is 10.2 Å². The van der Waals surface area contributed by atoms with Gasteiger partial charge in [-0.3, -0.25) is 9.59 Å². The molecule has 0 spiro atoms. The van der Waals surface area contributed by atoms with E-state index in [2.05, 4.69) is 5.32 Å². The Morgan fingerprint density at radius 2 is 2.31 bits per heavy atom. The van der Waals surface area contributed by atoms with Crippen LogP contribution in [0.4, 0.5) is 0 Å². The molecular weight excluding hydrogens is 228 g/mol. The lowest BCUT2D eigenvalue weighted by Gasteiger charge is -2.22. The molecule has 0 aromatic rings. The fourth-order valence-electron chi connectivity index (χ4n) is 1.73. The van der Waals surface area contributed by atoms with Gasteiger partial charge in [0.05, 0.1) is 0 Å². The van der Waals surface area contributed by atoms with Gasteiger partial charge in [-0.15, -0.1) is 0 Å². The van der Waals surface area contributed by atoms with E-state index in [0.29, 0.717) is 25.9 Å². The van der Waals surface area contributed by atoms with Gasteiger partial charge in [0, 0.05) is 25.0 Å². The molecule has 5 heteroatoms. The maximum atomic E-state index is 12.0. The first-order valence-electron chi connectivity index (χ1n) is 5.52. The van der Waals surface area contributed by atoms with Crippen molar-refractivity contribution in [2.75, 3.05) is 13.1 Å². The van der Waals surface area contributed by atoms with Crippen LogP contribution in [0.5, 0.6) is 0 Å². The third-order valence-corrected chi connectivity index (χ3v) is 2.72. The highest BCUT2D eigenvalue weighted by Gasteiger charge is 2.28. The van der Waals surface area contributed by atoms with Crippen LogP contribution >= 0.6 is 11.6 Å². The number of nitrogens with zero attached hydrogens (tertiary/aromatic N) is 1. The largest absolute Gasteiger partial charge is 0.344 e. The third kappa shape index (κ3) is 3.52. The van der Waals surface area contributed by atoms with Gasteiger partial charge in [-0.1, -0.05) is 31.0 Å². The number of halogens is 1. The van der Waals surface area contributed by atoms with E-state index in [1.807, 2.05) is 6.92 Å². The van der Waals surface area contributed by atoms with E-state index in [1.54, 1.807) is 11.0 Å². The molecule has 0 aliphatic carbocycles. The number of hydrogen-bond donors (Lipinski definition) is 1. The van der Waals surface area contributed by atoms with Gasteiger partial charge >= 0.3 is 0 Å². The molecule has 90 valence electrons. The molecule has 0 radical (unpaired) electrons. The minimum absolute atomic E-state index is 0.0116. The number of nitrogens with one attached hydrogen (secondary N) is 1. The molecule has 4 nitrogen and oxygen atoms in total. The van der Waals surface area contributed by atoms with Crippen LogP contribution in [0.15, 0.2) is 11.6 Å². The minimum Gasteiger partial charge on any atom is -0.344 e. The van der Waals surface area contributed by atoms with Gasteiger partial charge in [0.2, 0.25) is 11.8 Å². The lowest BCUT2D eigenvalue weighted by molar-refractivity contribution is -0.133. The van der Waals surface area contributed by atoms with E-state index >= 15 is 0 Å². The predicted molar refractivity (Wildman–Crippen MR) is 63.0 cm³/mol. The van der Waals surface area contributed by atoms with Crippen molar-refractivity contribution >= 4 is 23.4 Å². The predicted octanol–water partition coefficient (Wildman–Crippen LogP) is 1.26. The Bertz CT molecular complexity index is 292. The van der Waals surface area contributed by atoms with E-state index in [-0.39, 0.29) is 17.9 Å². The number of hydrogen-bond acceptors (Lipinski definition) is 2. The van der Waals surface area contributed by atoms with E-state index in [4.69, 9.17) is 11.6 Å². The average Bonchev–Trinajstić information content (AvgIpc) is 2.39. The van der Waals surface area contributed by atoms with Gasteiger partial charge < -0.3 is 10.2 Å². The summed E-state index contributed by atoms with van der Waals surface area (Å²) in [7, 11) is 0. The molecule has 0 bridgehead atoms. The van der Waals surface area contributed by atoms with Crippen molar-refractivity contribution in [3.05, 3.63) is 11.6 Å². The Morgan fingerprint density at radius 3 is 2.94 bits per heavy atom. The molecule has 1 saturated heterocycles. The molecule has 1 aliphatic heterocycles. The van der Waals surface area contributed by atoms with Crippen molar-refractivity contribution in [1.29, 1.82) is 0 Å². The van der Waals surface area contributed by atoms with Crippen LogP contribution in [0.25, 0.3) is 0 Å². The average molecular weight is 245 g/mol. The zero-order valence-corrected chi connectivity index (χ0v) is 10.2. The SMILES string of the molecule is CCCC1NC(=O)CCN(C/C=C/Cl)C1=O. The van der Waals surface area contributed by atoms with Crippen molar-refractivity contribution in [3.63, 3.8) is 0 Å². The maximum Gasteiger partial charge on any atom is 0.245 e. The summed E-state index contributed by atoms with van der Waals surface area (Å²) < 4.78 is 0. The van der Waals surface area contributed by atoms with Gasteiger partial charge in [-0.05, 0) is 6.42 Å². The lowest BCUT2D eigenvalue weighted by Crippen LogP contribution is -2.44. The fourth-order valence-corrected chi connectivity index (χ4v) is 1.81. The number of carbonyl (C=O) groups is 2. The Labute approximate surface area is 101 Å². The summed E-state index contributed by atoms with van der Waals surface area (Å²) in [4.78, 5) is 25.1. The van der Waals surface area contributed by atoms with Crippen molar-refractivity contribution in [3.8, 4) is 0 Å². The number of amides is 2. The summed E-state index contributed by atoms with van der Waals surface area (Å²) in [5, 5.41) is 2.75. The van der Waals surface area contributed by atoms with E-state index < -0.39 is 0 Å². The van der Waals surface area contributed by atoms with Gasteiger partial charge in [0.25, 0.3) is 0 Å². The minimum atomic E-state index is -0.372. The Morgan fingerprint density at radius 1 is 1.56 bits per heavy atom. The zero-order valence-electron chi connectivity index (χ0n) is 9.41. The Hall–Kier alpha value is -1.03. The fraction of sp³-hybridized carbons (Fsp3) is 0.636. The summed E-state index contributed by atoms with van der Waals surface area (Å²) in [5.41, 5.74) is 1.39. The van der Waals surface area contributed by atoms with Gasteiger partial charge in [0.15, 0.2) is 0 Å². The molecule has 0 saturated carbocycles. The number of rotatable bonds is 4. The Kier molecular flexibility index (Phi) is 5.32. The van der Waals surface area contributed by atoms with Crippen LogP contribution in [0.2, 0.25) is 0 Å². The van der Waals surface area contributed by atoms with Gasteiger partial charge in [-0.2, -0.15) is 0 Å². The van der Waals surface area contributed by atoms with Crippen LogP contribution in [0, 0.1) is 0 Å². The molecule has 1 heterocycles. The van der Waals surface area contributed by atoms with Crippen LogP contribution < -0.4 is 5.32 Å². The highest BCUT2D eigenvalue weighted by molar-refractivity contribution is 6.25. The topological polar surface area (TPSA) is 49.4 Å². The molecule has 1 N–H and O–H groups in total. The van der Waals surface area contributed by atoms with E-state index in [9.17, 15) is 9.59 Å². The quantitative estimate of drug-likeness (QED) is 0.809. The summed E-state index contributed by atoms with van der Waals surface area (Å²) >= 11 is 5.43. The van der Waals surface area contributed by atoms with Gasteiger partial charge in [-0.25, -0.2) is 0 Å². The summed E-state index contributed by atoms with van der Waals surface area (Å²) in [6.07, 6.45) is 3.63. The zero-order chi connectivity index (χ0) is 12.0. The summed E-state index contributed by atoms with van der Waals surface area (Å²) in [6.45, 7) is 2.93. The second kappa shape index (κ2) is 6.53. The van der Waals surface area contributed by atoms with Crippen LogP contribution in [-0.2, 0) is 9.59 Å². The molecule has 1 unspecified atom stereocenters. The van der Waals surface area contributed by atoms with E-state index in [1.165, 1.54) is 5.54 Å². The monoisotopic (exact) mass is 244 g/mol. The summed E-state index contributed by atoms with van der Waals surface area (Å²) in [6, 6.07) is -0.372. The standard InChI is InChI=1S/C11H17ClN2O2/c1-2-4-9-11(16)14(7-3-6-12)8-5-10(15)13-9/h3,6,9H,2,4-5,7-8H2,1H3,(H,13,15)/b6-3+. The molecule has 0 aromatic heterocycles. The normalized spacial score (nSPS) is 22.4. The van der Waals surface area contributed by atoms with Crippen LogP contribution in [-0.4, -0.2) is 35.8 Å². The maximum absolute atomic E-state index is 12.0. The molecule has 1 atom stereocenters. The second-order valence-corrected chi connectivity index (χ2v) is 4.06. The van der Waals surface area contributed by atoms with E-state index in [0.717, 1.165) is 6.42 Å². The van der Waals surface area contributed by atoms with Crippen molar-refractivity contribution < 1.29 is 9.59 Å². The first-order chi connectivity index (χ1) is 7.69. The second-order valence-electron chi connectivity index (χ2n) is 3.80. The summed E-state index contributed by atoms with van der Waals surface area (Å²) in [5.74, 6) is -0.0633. The van der Waals surface area contributed by atoms with Crippen molar-refractivity contribution in [2.24, 2.45) is 0 Å². The first kappa shape index (κ1) is 13.0. The smallest absolute Gasteiger partial charge is 0.245 e. The third-order valence-electron chi connectivity index (χ3n) is 2.55.